The molecule has 1 saturated heterocycles. The Morgan fingerprint density at radius 1 is 1.29 bits per heavy atom. The van der Waals surface area contributed by atoms with E-state index in [0.29, 0.717) is 47.9 Å². The lowest BCUT2D eigenvalue weighted by Gasteiger charge is -2.39. The summed E-state index contributed by atoms with van der Waals surface area (Å²) in [4.78, 5) is 33.5. The third-order valence-corrected chi connectivity index (χ3v) is 4.90. The van der Waals surface area contributed by atoms with Crippen molar-refractivity contribution in [1.29, 1.82) is 5.26 Å². The maximum Gasteiger partial charge on any atom is 0.254 e. The average Bonchev–Trinajstić information content (AvgIpc) is 2.71. The van der Waals surface area contributed by atoms with Gasteiger partial charge in [-0.1, -0.05) is 26.0 Å². The van der Waals surface area contributed by atoms with Crippen molar-refractivity contribution < 1.29 is 9.59 Å². The Morgan fingerprint density at radius 3 is 2.79 bits per heavy atom. The molecule has 1 atom stereocenters. The van der Waals surface area contributed by atoms with Crippen LogP contribution < -0.4 is 0 Å². The molecule has 144 valence electrons. The maximum absolute atomic E-state index is 13.1. The third kappa shape index (κ3) is 3.89. The molecule has 1 aromatic heterocycles. The summed E-state index contributed by atoms with van der Waals surface area (Å²) >= 11 is 0. The zero-order valence-electron chi connectivity index (χ0n) is 16.4. The molecule has 0 bridgehead atoms. The first-order valence-electron chi connectivity index (χ1n) is 9.47. The summed E-state index contributed by atoms with van der Waals surface area (Å²) in [5.74, 6) is 0.199. The van der Waals surface area contributed by atoms with E-state index in [-0.39, 0.29) is 11.8 Å². The van der Waals surface area contributed by atoms with Gasteiger partial charge < -0.3 is 9.80 Å². The van der Waals surface area contributed by atoms with Crippen molar-refractivity contribution in [3.63, 3.8) is 0 Å². The normalized spacial score (nSPS) is 17.0. The molecule has 28 heavy (non-hydrogen) atoms. The van der Waals surface area contributed by atoms with Crippen molar-refractivity contribution in [3.05, 3.63) is 53.7 Å². The summed E-state index contributed by atoms with van der Waals surface area (Å²) in [5, 5.41) is 9.31. The summed E-state index contributed by atoms with van der Waals surface area (Å²) in [5.41, 5.74) is 2.20. The van der Waals surface area contributed by atoms with Crippen molar-refractivity contribution in [1.82, 2.24) is 14.8 Å². The Bertz CT molecular complexity index is 932. The molecule has 0 radical (unpaired) electrons. The highest BCUT2D eigenvalue weighted by molar-refractivity contribution is 5.99. The van der Waals surface area contributed by atoms with Gasteiger partial charge in [0.25, 0.3) is 5.91 Å². The molecule has 3 rings (SSSR count). The molecule has 6 nitrogen and oxygen atoms in total. The molecule has 0 aliphatic carbocycles. The van der Waals surface area contributed by atoms with Crippen molar-refractivity contribution in [2.24, 2.45) is 5.92 Å². The number of benzene rings is 1. The van der Waals surface area contributed by atoms with Gasteiger partial charge >= 0.3 is 0 Å². The minimum absolute atomic E-state index is 0.0130. The highest BCUT2D eigenvalue weighted by Gasteiger charge is 2.34. The van der Waals surface area contributed by atoms with Crippen molar-refractivity contribution >= 4 is 11.8 Å². The quantitative estimate of drug-likeness (QED) is 0.822. The number of hydrogen-bond acceptors (Lipinski definition) is 4. The van der Waals surface area contributed by atoms with Gasteiger partial charge in [0.1, 0.15) is 12.1 Å². The zero-order chi connectivity index (χ0) is 20.3. The van der Waals surface area contributed by atoms with Crippen LogP contribution in [0, 0.1) is 17.2 Å². The van der Waals surface area contributed by atoms with E-state index in [2.05, 4.69) is 24.9 Å². The van der Waals surface area contributed by atoms with Gasteiger partial charge in [-0.05, 0) is 37.1 Å². The molecule has 6 heteroatoms. The Labute approximate surface area is 165 Å². The molecule has 2 heterocycles. The first kappa shape index (κ1) is 19.6. The fourth-order valence-electron chi connectivity index (χ4n) is 3.52. The second-order valence-electron chi connectivity index (χ2n) is 7.44. The number of rotatable bonds is 4. The second kappa shape index (κ2) is 8.22. The van der Waals surface area contributed by atoms with Crippen LogP contribution in [0.2, 0.25) is 0 Å². The van der Waals surface area contributed by atoms with Crippen LogP contribution in [0.5, 0.6) is 0 Å². The minimum atomic E-state index is -0.492. The predicted molar refractivity (Wildman–Crippen MR) is 106 cm³/mol. The van der Waals surface area contributed by atoms with Gasteiger partial charge in [0.15, 0.2) is 0 Å². The van der Waals surface area contributed by atoms with Gasteiger partial charge in [-0.15, -0.1) is 0 Å². The average molecular weight is 376 g/mol. The van der Waals surface area contributed by atoms with Crippen LogP contribution in [-0.4, -0.2) is 52.3 Å². The number of pyridine rings is 1. The van der Waals surface area contributed by atoms with Gasteiger partial charge in [0.05, 0.1) is 11.3 Å². The highest BCUT2D eigenvalue weighted by atomic mass is 16.2. The number of aromatic nitrogens is 1. The number of carbonyl (C=O) groups excluding carboxylic acids is 2. The van der Waals surface area contributed by atoms with Crippen LogP contribution in [0.3, 0.4) is 0 Å². The smallest absolute Gasteiger partial charge is 0.254 e. The monoisotopic (exact) mass is 376 g/mol. The van der Waals surface area contributed by atoms with Gasteiger partial charge in [0.2, 0.25) is 5.91 Å². The van der Waals surface area contributed by atoms with E-state index < -0.39 is 6.04 Å². The summed E-state index contributed by atoms with van der Waals surface area (Å²) < 4.78 is 0. The highest BCUT2D eigenvalue weighted by Crippen LogP contribution is 2.23. The standard InChI is InChI=1S/C22H24N4O2/c1-15(2)14-25-10-11-26(16(3)21(25)27)22(28)18-7-4-6-17(12-18)20-19(13-23)8-5-9-24-20/h4-9,12,15-16H,10-11,14H2,1-3H3/t16-/m1/s1. The van der Waals surface area contributed by atoms with Gasteiger partial charge in [-0.25, -0.2) is 0 Å². The van der Waals surface area contributed by atoms with Crippen molar-refractivity contribution in [2.45, 2.75) is 26.8 Å². The minimum Gasteiger partial charge on any atom is -0.339 e. The van der Waals surface area contributed by atoms with E-state index in [1.165, 1.54) is 0 Å². The Kier molecular flexibility index (Phi) is 5.74. The fourth-order valence-corrected chi connectivity index (χ4v) is 3.52. The van der Waals surface area contributed by atoms with Crippen LogP contribution in [0.4, 0.5) is 0 Å². The summed E-state index contributed by atoms with van der Waals surface area (Å²) in [6, 6.07) is 12.1. The molecule has 1 aliphatic rings. The molecular weight excluding hydrogens is 352 g/mol. The molecule has 0 unspecified atom stereocenters. The number of amides is 2. The van der Waals surface area contributed by atoms with Crippen LogP contribution in [-0.2, 0) is 4.79 Å². The van der Waals surface area contributed by atoms with E-state index >= 15 is 0 Å². The Morgan fingerprint density at radius 2 is 2.07 bits per heavy atom. The number of piperazine rings is 1. The number of carbonyl (C=O) groups is 2. The number of nitrogens with zero attached hydrogens (tertiary/aromatic N) is 4. The lowest BCUT2D eigenvalue weighted by Crippen LogP contribution is -2.58. The number of nitriles is 1. The summed E-state index contributed by atoms with van der Waals surface area (Å²) in [6.45, 7) is 7.70. The summed E-state index contributed by atoms with van der Waals surface area (Å²) in [6.07, 6.45) is 1.62. The molecule has 2 amide bonds. The van der Waals surface area contributed by atoms with Crippen LogP contribution in [0.25, 0.3) is 11.3 Å². The van der Waals surface area contributed by atoms with Gasteiger partial charge in [-0.2, -0.15) is 5.26 Å². The first-order valence-corrected chi connectivity index (χ1v) is 9.47. The lowest BCUT2D eigenvalue weighted by molar-refractivity contribution is -0.140. The van der Waals surface area contributed by atoms with E-state index in [0.717, 1.165) is 0 Å². The van der Waals surface area contributed by atoms with Crippen molar-refractivity contribution in [2.75, 3.05) is 19.6 Å². The van der Waals surface area contributed by atoms with Gasteiger partial charge in [-0.3, -0.25) is 14.6 Å². The molecule has 0 N–H and O–H groups in total. The van der Waals surface area contributed by atoms with Crippen LogP contribution in [0.15, 0.2) is 42.6 Å². The van der Waals surface area contributed by atoms with E-state index in [9.17, 15) is 14.9 Å². The number of hydrogen-bond donors (Lipinski definition) is 0. The van der Waals surface area contributed by atoms with Crippen LogP contribution >= 0.6 is 0 Å². The fraction of sp³-hybridized carbons (Fsp3) is 0.364. The van der Waals surface area contributed by atoms with Gasteiger partial charge in [0, 0.05) is 37.0 Å². The lowest BCUT2D eigenvalue weighted by atomic mass is 10.0. The largest absolute Gasteiger partial charge is 0.339 e. The van der Waals surface area contributed by atoms with Crippen LogP contribution in [0.1, 0.15) is 36.7 Å². The molecule has 0 spiro atoms. The topological polar surface area (TPSA) is 77.3 Å². The Hall–Kier alpha value is -3.20. The summed E-state index contributed by atoms with van der Waals surface area (Å²) in [7, 11) is 0. The maximum atomic E-state index is 13.1. The molecule has 2 aromatic rings. The third-order valence-electron chi connectivity index (χ3n) is 4.90. The Balaban J connectivity index is 1.84. The second-order valence-corrected chi connectivity index (χ2v) is 7.44. The van der Waals surface area contributed by atoms with Crippen molar-refractivity contribution in [3.8, 4) is 17.3 Å². The zero-order valence-corrected chi connectivity index (χ0v) is 16.4. The SMILES string of the molecule is CC(C)CN1CCN(C(=O)c2cccc(-c3ncccc3C#N)c2)[C@H](C)C1=O. The molecule has 1 aromatic carbocycles. The van der Waals surface area contributed by atoms with E-state index in [1.54, 1.807) is 48.4 Å². The predicted octanol–water partition coefficient (Wildman–Crippen LogP) is 2.95. The molecular formula is C22H24N4O2. The first-order chi connectivity index (χ1) is 13.4. The van der Waals surface area contributed by atoms with E-state index in [1.807, 2.05) is 11.0 Å². The molecule has 1 aliphatic heterocycles. The molecule has 0 saturated carbocycles. The van der Waals surface area contributed by atoms with E-state index in [4.69, 9.17) is 0 Å². The molecule has 1 fully saturated rings.